The maximum absolute atomic E-state index is 8.93. The van der Waals surface area contributed by atoms with Crippen LogP contribution in [0.25, 0.3) is 6.08 Å². The molecule has 20 heavy (non-hydrogen) atoms. The molecule has 2 rings (SSSR count). The third kappa shape index (κ3) is 3.29. The molecule has 1 fully saturated rings. The van der Waals surface area contributed by atoms with Crippen molar-refractivity contribution in [1.29, 1.82) is 0 Å². The summed E-state index contributed by atoms with van der Waals surface area (Å²) in [6, 6.07) is 5.76. The van der Waals surface area contributed by atoms with Crippen LogP contribution in [-0.2, 0) is 15.7 Å². The van der Waals surface area contributed by atoms with E-state index < -0.39 is 0 Å². The normalized spacial score (nSPS) is 20.8. The second-order valence-electron chi connectivity index (χ2n) is 6.01. The fourth-order valence-electron chi connectivity index (χ4n) is 1.99. The molecule has 0 bridgehead atoms. The first-order chi connectivity index (χ1) is 9.34. The number of nitrogens with zero attached hydrogens (tertiary/aromatic N) is 1. The van der Waals surface area contributed by atoms with Crippen LogP contribution in [0, 0.1) is 0 Å². The van der Waals surface area contributed by atoms with Crippen LogP contribution in [0.4, 0.5) is 0 Å². The lowest BCUT2D eigenvalue weighted by molar-refractivity contribution is 0.00578. The second kappa shape index (κ2) is 5.68. The van der Waals surface area contributed by atoms with Crippen molar-refractivity contribution in [2.45, 2.75) is 45.3 Å². The third-order valence-corrected chi connectivity index (χ3v) is 3.89. The summed E-state index contributed by atoms with van der Waals surface area (Å²) >= 11 is 0. The first-order valence-electron chi connectivity index (χ1n) is 6.95. The molecule has 0 amide bonds. The van der Waals surface area contributed by atoms with Crippen molar-refractivity contribution in [1.82, 2.24) is 4.98 Å². The highest BCUT2D eigenvalue weighted by molar-refractivity contribution is 6.52. The van der Waals surface area contributed by atoms with Crippen molar-refractivity contribution in [3.8, 4) is 0 Å². The Bertz CT molecular complexity index is 484. The highest BCUT2D eigenvalue weighted by atomic mass is 16.7. The number of rotatable bonds is 4. The van der Waals surface area contributed by atoms with Gasteiger partial charge >= 0.3 is 7.12 Å². The van der Waals surface area contributed by atoms with Crippen molar-refractivity contribution in [3.63, 3.8) is 0 Å². The Morgan fingerprint density at radius 2 is 1.85 bits per heavy atom. The summed E-state index contributed by atoms with van der Waals surface area (Å²) in [4.78, 5) is 4.44. The molecule has 1 aromatic rings. The van der Waals surface area contributed by atoms with Crippen LogP contribution < -0.4 is 0 Å². The maximum atomic E-state index is 8.93. The van der Waals surface area contributed by atoms with Crippen molar-refractivity contribution in [2.24, 2.45) is 0 Å². The van der Waals surface area contributed by atoms with E-state index in [9.17, 15) is 0 Å². The Kier molecular flexibility index (Phi) is 4.32. The van der Waals surface area contributed by atoms with Crippen LogP contribution in [0.15, 0.2) is 24.2 Å². The van der Waals surface area contributed by atoms with Gasteiger partial charge in [-0.25, -0.2) is 0 Å². The fraction of sp³-hybridized carbons (Fsp3) is 0.533. The smallest absolute Gasteiger partial charge is 0.400 e. The zero-order valence-corrected chi connectivity index (χ0v) is 12.6. The minimum Gasteiger partial charge on any atom is -0.400 e. The molecule has 1 saturated heterocycles. The predicted molar refractivity (Wildman–Crippen MR) is 80.1 cm³/mol. The van der Waals surface area contributed by atoms with Crippen molar-refractivity contribution in [2.75, 3.05) is 6.61 Å². The van der Waals surface area contributed by atoms with Gasteiger partial charge in [-0.15, -0.1) is 0 Å². The van der Waals surface area contributed by atoms with Gasteiger partial charge in [0, 0.05) is 18.7 Å². The number of hydrogen-bond donors (Lipinski definition) is 1. The van der Waals surface area contributed by atoms with Crippen LogP contribution >= 0.6 is 0 Å². The minimum absolute atomic E-state index is 0.109. The number of aliphatic hydroxyl groups is 1. The van der Waals surface area contributed by atoms with E-state index in [0.717, 1.165) is 11.4 Å². The van der Waals surface area contributed by atoms with Gasteiger partial charge in [0.15, 0.2) is 0 Å². The molecule has 1 aliphatic rings. The molecule has 0 atom stereocenters. The van der Waals surface area contributed by atoms with Gasteiger partial charge in [-0.3, -0.25) is 4.98 Å². The van der Waals surface area contributed by atoms with Crippen LogP contribution in [-0.4, -0.2) is 35.0 Å². The van der Waals surface area contributed by atoms with Gasteiger partial charge in [-0.05, 0) is 45.9 Å². The van der Waals surface area contributed by atoms with Crippen LogP contribution in [0.2, 0.25) is 0 Å². The zero-order chi connectivity index (χ0) is 14.8. The van der Waals surface area contributed by atoms with Gasteiger partial charge in [0.2, 0.25) is 0 Å². The van der Waals surface area contributed by atoms with Crippen molar-refractivity contribution >= 4 is 13.2 Å². The van der Waals surface area contributed by atoms with E-state index in [-0.39, 0.29) is 24.9 Å². The Hall–Kier alpha value is -1.17. The molecule has 4 nitrogen and oxygen atoms in total. The molecule has 0 unspecified atom stereocenters. The molecule has 0 aromatic carbocycles. The van der Waals surface area contributed by atoms with E-state index in [2.05, 4.69) is 4.98 Å². The van der Waals surface area contributed by atoms with Gasteiger partial charge in [0.05, 0.1) is 16.9 Å². The first-order valence-corrected chi connectivity index (χ1v) is 6.95. The molecule has 1 N–H and O–H groups in total. The summed E-state index contributed by atoms with van der Waals surface area (Å²) < 4.78 is 11.8. The molecular formula is C15H22BNO3. The lowest BCUT2D eigenvalue weighted by atomic mass is 9.89. The van der Waals surface area contributed by atoms with Gasteiger partial charge in [-0.2, -0.15) is 0 Å². The SMILES string of the molecule is CC1(C)OB(/C=C/c2cccc(CCO)n2)OC1(C)C. The highest BCUT2D eigenvalue weighted by Gasteiger charge is 2.49. The molecule has 1 aromatic heterocycles. The van der Waals surface area contributed by atoms with Crippen LogP contribution in [0.3, 0.4) is 0 Å². The summed E-state index contributed by atoms with van der Waals surface area (Å²) in [5.41, 5.74) is 1.07. The average Bonchev–Trinajstić information content (AvgIpc) is 2.56. The average molecular weight is 275 g/mol. The molecule has 1 aliphatic heterocycles. The van der Waals surface area contributed by atoms with Gasteiger partial charge < -0.3 is 14.4 Å². The van der Waals surface area contributed by atoms with E-state index >= 15 is 0 Å². The van der Waals surface area contributed by atoms with E-state index in [1.807, 2.05) is 57.9 Å². The third-order valence-electron chi connectivity index (χ3n) is 3.89. The van der Waals surface area contributed by atoms with Crippen LogP contribution in [0.1, 0.15) is 39.1 Å². The number of hydrogen-bond acceptors (Lipinski definition) is 4. The summed E-state index contributed by atoms with van der Waals surface area (Å²) in [5.74, 6) is 1.88. The van der Waals surface area contributed by atoms with E-state index in [1.165, 1.54) is 0 Å². The summed E-state index contributed by atoms with van der Waals surface area (Å²) in [6.45, 7) is 8.22. The molecule has 108 valence electrons. The summed E-state index contributed by atoms with van der Waals surface area (Å²) in [6.07, 6.45) is 2.46. The summed E-state index contributed by atoms with van der Waals surface area (Å²) in [7, 11) is -0.358. The molecule has 0 radical (unpaired) electrons. The lowest BCUT2D eigenvalue weighted by Gasteiger charge is -2.32. The van der Waals surface area contributed by atoms with Crippen LogP contribution in [0.5, 0.6) is 0 Å². The Balaban J connectivity index is 2.06. The topological polar surface area (TPSA) is 51.6 Å². The molecule has 5 heteroatoms. The fourth-order valence-corrected chi connectivity index (χ4v) is 1.99. The van der Waals surface area contributed by atoms with Crippen molar-refractivity contribution in [3.05, 3.63) is 35.6 Å². The lowest BCUT2D eigenvalue weighted by Crippen LogP contribution is -2.41. The second-order valence-corrected chi connectivity index (χ2v) is 6.01. The Labute approximate surface area is 121 Å². The number of pyridine rings is 1. The van der Waals surface area contributed by atoms with Gasteiger partial charge in [0.25, 0.3) is 0 Å². The quantitative estimate of drug-likeness (QED) is 0.856. The summed E-state index contributed by atoms with van der Waals surface area (Å²) in [5, 5.41) is 8.93. The molecule has 2 heterocycles. The molecule has 0 spiro atoms. The van der Waals surface area contributed by atoms with E-state index in [1.54, 1.807) is 0 Å². The Morgan fingerprint density at radius 3 is 2.45 bits per heavy atom. The van der Waals surface area contributed by atoms with Crippen molar-refractivity contribution < 1.29 is 14.4 Å². The molecular weight excluding hydrogens is 253 g/mol. The monoisotopic (exact) mass is 275 g/mol. The Morgan fingerprint density at radius 1 is 1.20 bits per heavy atom. The standard InChI is InChI=1S/C15H22BNO3/c1-14(2)15(3,4)20-16(19-14)10-8-12-6-5-7-13(17-12)9-11-18/h5-8,10,18H,9,11H2,1-4H3/b10-8+. The van der Waals surface area contributed by atoms with Gasteiger partial charge in [0.1, 0.15) is 0 Å². The first kappa shape index (κ1) is 15.2. The molecule has 0 saturated carbocycles. The zero-order valence-electron chi connectivity index (χ0n) is 12.6. The van der Waals surface area contributed by atoms with E-state index in [0.29, 0.717) is 6.42 Å². The number of aliphatic hydroxyl groups excluding tert-OH is 1. The number of aromatic nitrogens is 1. The van der Waals surface area contributed by atoms with Gasteiger partial charge in [-0.1, -0.05) is 12.0 Å². The maximum Gasteiger partial charge on any atom is 0.487 e. The largest absolute Gasteiger partial charge is 0.487 e. The molecule has 0 aliphatic carbocycles. The minimum atomic E-state index is -0.358. The predicted octanol–water partition coefficient (Wildman–Crippen LogP) is 2.26. The van der Waals surface area contributed by atoms with E-state index in [4.69, 9.17) is 14.4 Å². The highest BCUT2D eigenvalue weighted by Crippen LogP contribution is 2.36.